The van der Waals surface area contributed by atoms with Crippen molar-refractivity contribution in [3.05, 3.63) is 0 Å². The minimum atomic E-state index is 0.480. The summed E-state index contributed by atoms with van der Waals surface area (Å²) >= 11 is 7.71. The van der Waals surface area contributed by atoms with Crippen molar-refractivity contribution in [3.63, 3.8) is 0 Å². The maximum atomic E-state index is 2.57. The molecule has 0 nitrogen and oxygen atoms in total. The van der Waals surface area contributed by atoms with E-state index < -0.39 is 0 Å². The smallest absolute Gasteiger partial charge is 0.0551 e. The van der Waals surface area contributed by atoms with E-state index in [1.807, 2.05) is 0 Å². The van der Waals surface area contributed by atoms with E-state index in [0.29, 0.717) is -0.565 Å². The normalized spacial score (nSPS) is 23.1. The van der Waals surface area contributed by atoms with Gasteiger partial charge in [0.25, 0.3) is 0 Å². The molecule has 0 saturated heterocycles. The highest BCUT2D eigenvalue weighted by atomic mass is 127. The number of hydrogen-bond acceptors (Lipinski definition) is 0. The molecule has 10 heavy (non-hydrogen) atoms. The van der Waals surface area contributed by atoms with Crippen molar-refractivity contribution in [1.82, 2.24) is 0 Å². The van der Waals surface area contributed by atoms with Crippen LogP contribution in [0.4, 0.5) is 0 Å². The number of hydrogen-bond donors (Lipinski definition) is 0. The van der Waals surface area contributed by atoms with E-state index in [1.54, 1.807) is 0 Å². The van der Waals surface area contributed by atoms with Crippen LogP contribution < -0.4 is 0 Å². The maximum Gasteiger partial charge on any atom is 0.127 e. The molecule has 0 aliphatic heterocycles. The van der Waals surface area contributed by atoms with Gasteiger partial charge in [-0.3, -0.25) is 0 Å². The molecule has 1 fully saturated rings. The first-order chi connectivity index (χ1) is 4.61. The first-order valence-corrected chi connectivity index (χ1v) is 6.91. The van der Waals surface area contributed by atoms with Crippen molar-refractivity contribution in [2.75, 3.05) is 0 Å². The third-order valence-electron chi connectivity index (χ3n) is 2.07. The Morgan fingerprint density at radius 3 is 1.70 bits per heavy atom. The van der Waals surface area contributed by atoms with Gasteiger partial charge in [0.05, 0.1) is 0 Å². The van der Waals surface area contributed by atoms with Crippen LogP contribution in [-0.4, -0.2) is -0.565 Å². The number of halogens is 3. The molecule has 1 aliphatic carbocycles. The summed E-state index contributed by atoms with van der Waals surface area (Å²) in [5, 5.41) is 0. The molecule has 0 heterocycles. The lowest BCUT2D eigenvalue weighted by atomic mass is 9.91. The average molecular weight is 476 g/mol. The van der Waals surface area contributed by atoms with E-state index in [0.717, 1.165) is 5.92 Å². The van der Waals surface area contributed by atoms with Crippen LogP contribution in [0.15, 0.2) is 0 Å². The summed E-state index contributed by atoms with van der Waals surface area (Å²) in [6.45, 7) is 0. The Hall–Kier alpha value is 2.19. The minimum Gasteiger partial charge on any atom is -0.0551 e. The van der Waals surface area contributed by atoms with Crippen LogP contribution in [0, 0.1) is 5.92 Å². The van der Waals surface area contributed by atoms with Gasteiger partial charge in [-0.15, -0.1) is 0 Å². The first kappa shape index (κ1) is 10.3. The van der Waals surface area contributed by atoms with E-state index in [4.69, 9.17) is 0 Å². The maximum absolute atomic E-state index is 2.57. The van der Waals surface area contributed by atoms with Crippen molar-refractivity contribution in [2.45, 2.75) is 31.5 Å². The molecule has 0 atom stereocenters. The van der Waals surface area contributed by atoms with E-state index in [-0.39, 0.29) is 0 Å². The zero-order valence-corrected chi connectivity index (χ0v) is 12.2. The fourth-order valence-electron chi connectivity index (χ4n) is 1.43. The van der Waals surface area contributed by atoms with Crippen molar-refractivity contribution < 1.29 is 0 Å². The van der Waals surface area contributed by atoms with E-state index in [1.165, 1.54) is 32.1 Å². The molecule has 1 aliphatic rings. The van der Waals surface area contributed by atoms with Gasteiger partial charge in [0.1, 0.15) is -0.565 Å². The molecule has 0 aromatic carbocycles. The van der Waals surface area contributed by atoms with Crippen molar-refractivity contribution in [2.24, 2.45) is 5.92 Å². The molecule has 0 aromatic rings. The first-order valence-electron chi connectivity index (χ1n) is 3.67. The number of rotatable bonds is 1. The van der Waals surface area contributed by atoms with E-state index in [9.17, 15) is 0 Å². The van der Waals surface area contributed by atoms with Gasteiger partial charge in [-0.1, -0.05) is 87.0 Å². The molecule has 60 valence electrons. The SMILES string of the molecule is IC(I)(I)C1CCCCC1. The van der Waals surface area contributed by atoms with Crippen molar-refractivity contribution in [3.8, 4) is 0 Å². The second-order valence-corrected chi connectivity index (χ2v) is 14.2. The van der Waals surface area contributed by atoms with Crippen LogP contribution in [0.1, 0.15) is 32.1 Å². The Kier molecular flexibility index (Phi) is 4.55. The molecule has 0 amide bonds. The quantitative estimate of drug-likeness (QED) is 0.386. The molecule has 3 heteroatoms. The molecule has 0 bridgehead atoms. The number of alkyl halides is 3. The van der Waals surface area contributed by atoms with Crippen LogP contribution in [0.5, 0.6) is 0 Å². The summed E-state index contributed by atoms with van der Waals surface area (Å²) in [7, 11) is 0. The van der Waals surface area contributed by atoms with E-state index in [2.05, 4.69) is 67.8 Å². The predicted molar refractivity (Wildman–Crippen MR) is 71.4 cm³/mol. The lowest BCUT2D eigenvalue weighted by Crippen LogP contribution is -2.19. The van der Waals surface area contributed by atoms with Crippen LogP contribution in [0.2, 0.25) is 0 Å². The van der Waals surface area contributed by atoms with Gasteiger partial charge in [-0.05, 0) is 18.8 Å². The van der Waals surface area contributed by atoms with Crippen molar-refractivity contribution >= 4 is 67.8 Å². The molecule has 0 radical (unpaired) electrons. The van der Waals surface area contributed by atoms with Gasteiger partial charge in [-0.25, -0.2) is 0 Å². The summed E-state index contributed by atoms with van der Waals surface area (Å²) in [4.78, 5) is 0. The monoisotopic (exact) mass is 476 g/mol. The Bertz CT molecular complexity index is 99.9. The van der Waals surface area contributed by atoms with Gasteiger partial charge in [-0.2, -0.15) is 0 Å². The van der Waals surface area contributed by atoms with Crippen LogP contribution in [0.25, 0.3) is 0 Å². The summed E-state index contributed by atoms with van der Waals surface area (Å²) in [5.41, 5.74) is 0. The highest BCUT2D eigenvalue weighted by Gasteiger charge is 2.30. The molecule has 0 N–H and O–H groups in total. The molecule has 0 unspecified atom stereocenters. The lowest BCUT2D eigenvalue weighted by Gasteiger charge is -2.28. The van der Waals surface area contributed by atoms with Gasteiger partial charge in [0.2, 0.25) is 0 Å². The highest BCUT2D eigenvalue weighted by Crippen LogP contribution is 2.48. The predicted octanol–water partition coefficient (Wildman–Crippen LogP) is 4.53. The Labute approximate surface area is 104 Å². The zero-order valence-electron chi connectivity index (χ0n) is 5.75. The highest BCUT2D eigenvalue weighted by molar-refractivity contribution is 14.3. The molecule has 0 spiro atoms. The third-order valence-corrected chi connectivity index (χ3v) is 4.71. The summed E-state index contributed by atoms with van der Waals surface area (Å²) < 4.78 is 0.480. The topological polar surface area (TPSA) is 0 Å². The fraction of sp³-hybridized carbons (Fsp3) is 1.00. The summed E-state index contributed by atoms with van der Waals surface area (Å²) in [5.74, 6) is 0.961. The van der Waals surface area contributed by atoms with Crippen LogP contribution in [0.3, 0.4) is 0 Å². The third kappa shape index (κ3) is 3.28. The van der Waals surface area contributed by atoms with Gasteiger partial charge in [0, 0.05) is 0 Å². The Morgan fingerprint density at radius 1 is 0.900 bits per heavy atom. The molecular weight excluding hydrogens is 465 g/mol. The second-order valence-electron chi connectivity index (χ2n) is 2.88. The largest absolute Gasteiger partial charge is 0.127 e. The molecule has 0 aromatic heterocycles. The minimum absolute atomic E-state index is 0.480. The molecular formula is C7H11I3. The second kappa shape index (κ2) is 4.43. The standard InChI is InChI=1S/C7H11I3/c8-7(9,10)6-4-2-1-3-5-6/h6H,1-5H2. The van der Waals surface area contributed by atoms with Crippen LogP contribution >= 0.6 is 67.8 Å². The van der Waals surface area contributed by atoms with Gasteiger partial charge >= 0.3 is 0 Å². The Morgan fingerprint density at radius 2 is 1.40 bits per heavy atom. The van der Waals surface area contributed by atoms with Crippen molar-refractivity contribution in [1.29, 1.82) is 0 Å². The molecule has 1 rings (SSSR count). The van der Waals surface area contributed by atoms with Gasteiger partial charge < -0.3 is 0 Å². The zero-order chi connectivity index (χ0) is 7.61. The molecule has 1 saturated carbocycles. The average Bonchev–Trinajstić information content (AvgIpc) is 1.88. The summed E-state index contributed by atoms with van der Waals surface area (Å²) in [6.07, 6.45) is 7.29. The van der Waals surface area contributed by atoms with Crippen LogP contribution in [-0.2, 0) is 0 Å². The lowest BCUT2D eigenvalue weighted by molar-refractivity contribution is 0.386. The van der Waals surface area contributed by atoms with E-state index >= 15 is 0 Å². The fourth-order valence-corrected chi connectivity index (χ4v) is 3.30. The Balaban J connectivity index is 2.39. The summed E-state index contributed by atoms with van der Waals surface area (Å²) in [6, 6.07) is 0. The van der Waals surface area contributed by atoms with Gasteiger partial charge in [0.15, 0.2) is 0 Å².